The van der Waals surface area contributed by atoms with Gasteiger partial charge in [0, 0.05) is 18.3 Å². The Morgan fingerprint density at radius 2 is 1.97 bits per heavy atom. The zero-order valence-electron chi connectivity index (χ0n) is 19.8. The van der Waals surface area contributed by atoms with E-state index in [0.29, 0.717) is 6.42 Å². The molecule has 6 nitrogen and oxygen atoms in total. The summed E-state index contributed by atoms with van der Waals surface area (Å²) in [6.07, 6.45) is 3.43. The van der Waals surface area contributed by atoms with E-state index in [-0.39, 0.29) is 28.9 Å². The highest BCUT2D eigenvalue weighted by atomic mass is 32.2. The molecule has 0 N–H and O–H groups in total. The van der Waals surface area contributed by atoms with Gasteiger partial charge in [0.05, 0.1) is 22.5 Å². The van der Waals surface area contributed by atoms with E-state index in [1.807, 2.05) is 6.92 Å². The highest BCUT2D eigenvalue weighted by molar-refractivity contribution is 7.86. The molecular weight excluding hydrogens is 438 g/mol. The highest BCUT2D eigenvalue weighted by Gasteiger charge is 2.75. The molecule has 0 amide bonds. The second-order valence-electron chi connectivity index (χ2n) is 10.5. The van der Waals surface area contributed by atoms with E-state index < -0.39 is 38.8 Å². The molecule has 1 aliphatic heterocycles. The molecule has 3 aliphatic rings. The molecule has 7 atom stereocenters. The van der Waals surface area contributed by atoms with Crippen LogP contribution in [0.5, 0.6) is 0 Å². The summed E-state index contributed by atoms with van der Waals surface area (Å²) < 4.78 is 38.2. The largest absolute Gasteiger partial charge is 0.358 e. The number of hydrogen-bond donors (Lipinski definition) is 0. The minimum atomic E-state index is -4.06. The fourth-order valence-electron chi connectivity index (χ4n) is 6.79. The average molecular weight is 472 g/mol. The quantitative estimate of drug-likeness (QED) is 0.440. The standard InChI is InChI=1S/C26H33NO5S/c1-6-24(4,32-33(29,30)20-12-7-17(2)8-13-20)15-22-25(5)18(3)9-10-19-11-14-21(28)26(19,25)23(16-27)31-22/h6-8,12-13,18-19,22-23H,1,9-11,14-15H2,2-5H3/t18-,19+,22-,23-,24-,25+,26+/m1/s1. The van der Waals surface area contributed by atoms with Crippen LogP contribution in [0.2, 0.25) is 0 Å². The number of aryl methyl sites for hydroxylation is 1. The van der Waals surface area contributed by atoms with Crippen molar-refractivity contribution in [2.24, 2.45) is 22.7 Å². The van der Waals surface area contributed by atoms with Crippen LogP contribution in [0.25, 0.3) is 0 Å². The van der Waals surface area contributed by atoms with Crippen molar-refractivity contribution in [3.05, 3.63) is 42.5 Å². The van der Waals surface area contributed by atoms with Gasteiger partial charge < -0.3 is 4.74 Å². The van der Waals surface area contributed by atoms with Crippen molar-refractivity contribution in [1.29, 1.82) is 5.26 Å². The van der Waals surface area contributed by atoms with Gasteiger partial charge in [0.25, 0.3) is 10.1 Å². The molecule has 4 rings (SSSR count). The van der Waals surface area contributed by atoms with Crippen LogP contribution in [0.3, 0.4) is 0 Å². The lowest BCUT2D eigenvalue weighted by Gasteiger charge is -2.53. The van der Waals surface area contributed by atoms with Crippen molar-refractivity contribution in [1.82, 2.24) is 0 Å². The van der Waals surface area contributed by atoms with Crippen molar-refractivity contribution in [2.75, 3.05) is 0 Å². The Hall–Kier alpha value is -2.01. The number of ketones is 1. The lowest BCUT2D eigenvalue weighted by atomic mass is 9.46. The molecule has 0 aromatic heterocycles. The fraction of sp³-hybridized carbons (Fsp3) is 0.615. The number of Topliss-reactive ketones (excluding diaryl/α,β-unsaturated/α-hetero) is 1. The minimum absolute atomic E-state index is 0.0724. The topological polar surface area (TPSA) is 93.5 Å². The van der Waals surface area contributed by atoms with E-state index in [1.54, 1.807) is 19.1 Å². The van der Waals surface area contributed by atoms with Crippen molar-refractivity contribution in [3.8, 4) is 6.07 Å². The summed E-state index contributed by atoms with van der Waals surface area (Å²) in [6.45, 7) is 11.6. The number of ether oxygens (including phenoxy) is 1. The molecule has 0 bridgehead atoms. The third-order valence-corrected chi connectivity index (χ3v) is 10.3. The molecule has 1 saturated heterocycles. The van der Waals surface area contributed by atoms with Gasteiger partial charge in [-0.25, -0.2) is 0 Å². The zero-order valence-corrected chi connectivity index (χ0v) is 20.7. The summed E-state index contributed by atoms with van der Waals surface area (Å²) >= 11 is 0. The van der Waals surface area contributed by atoms with Crippen LogP contribution >= 0.6 is 0 Å². The van der Waals surface area contributed by atoms with Crippen LogP contribution < -0.4 is 0 Å². The molecule has 2 aliphatic carbocycles. The predicted octanol–water partition coefficient (Wildman–Crippen LogP) is 4.73. The van der Waals surface area contributed by atoms with E-state index in [2.05, 4.69) is 26.5 Å². The van der Waals surface area contributed by atoms with Gasteiger partial charge >= 0.3 is 0 Å². The lowest BCUT2D eigenvalue weighted by Crippen LogP contribution is -2.58. The van der Waals surface area contributed by atoms with E-state index in [4.69, 9.17) is 8.92 Å². The first kappa shape index (κ1) is 24.1. The van der Waals surface area contributed by atoms with Crippen LogP contribution in [-0.4, -0.2) is 32.0 Å². The zero-order chi connectivity index (χ0) is 24.2. The Morgan fingerprint density at radius 3 is 2.58 bits per heavy atom. The van der Waals surface area contributed by atoms with Crippen LogP contribution in [0.15, 0.2) is 41.8 Å². The van der Waals surface area contributed by atoms with Crippen molar-refractivity contribution >= 4 is 15.9 Å². The number of carbonyl (C=O) groups excluding carboxylic acids is 1. The van der Waals surface area contributed by atoms with Crippen molar-refractivity contribution < 1.29 is 22.1 Å². The lowest BCUT2D eigenvalue weighted by molar-refractivity contribution is -0.143. The molecule has 1 aromatic rings. The molecule has 3 fully saturated rings. The molecule has 178 valence electrons. The Morgan fingerprint density at radius 1 is 1.30 bits per heavy atom. The molecule has 1 spiro atoms. The number of benzene rings is 1. The predicted molar refractivity (Wildman–Crippen MR) is 124 cm³/mol. The van der Waals surface area contributed by atoms with E-state index in [1.165, 1.54) is 18.2 Å². The van der Waals surface area contributed by atoms with Gasteiger partial charge in [-0.2, -0.15) is 13.7 Å². The first-order valence-corrected chi connectivity index (χ1v) is 13.1. The maximum Gasteiger partial charge on any atom is 0.297 e. The summed E-state index contributed by atoms with van der Waals surface area (Å²) in [5, 5.41) is 10.0. The van der Waals surface area contributed by atoms with E-state index in [9.17, 15) is 18.5 Å². The second kappa shape index (κ2) is 8.04. The smallest absolute Gasteiger partial charge is 0.297 e. The summed E-state index contributed by atoms with van der Waals surface area (Å²) in [4.78, 5) is 13.4. The third-order valence-electron chi connectivity index (χ3n) is 8.82. The molecule has 33 heavy (non-hydrogen) atoms. The van der Waals surface area contributed by atoms with Gasteiger partial charge in [0.15, 0.2) is 6.10 Å². The number of nitrogens with zero attached hydrogens (tertiary/aromatic N) is 1. The monoisotopic (exact) mass is 471 g/mol. The normalized spacial score (nSPS) is 37.6. The van der Waals surface area contributed by atoms with Gasteiger partial charge in [-0.3, -0.25) is 8.98 Å². The molecular formula is C26H33NO5S. The van der Waals surface area contributed by atoms with Crippen LogP contribution in [0.1, 0.15) is 58.4 Å². The van der Waals surface area contributed by atoms with Crippen LogP contribution in [0.4, 0.5) is 0 Å². The van der Waals surface area contributed by atoms with Gasteiger partial charge in [-0.15, -0.1) is 6.58 Å². The first-order valence-electron chi connectivity index (χ1n) is 11.7. The molecule has 0 unspecified atom stereocenters. The SMILES string of the molecule is C=C[C@](C)(C[C@H]1O[C@H](C#N)[C@@]23C(=O)CC[C@@H]2CC[C@@H](C)[C@@]13C)OS(=O)(=O)c1ccc(C)cc1. The second-order valence-corrected chi connectivity index (χ2v) is 12.0. The number of nitriles is 1. The van der Waals surface area contributed by atoms with Gasteiger partial charge in [0.2, 0.25) is 0 Å². The molecule has 7 heteroatoms. The van der Waals surface area contributed by atoms with Crippen molar-refractivity contribution in [3.63, 3.8) is 0 Å². The molecule has 2 saturated carbocycles. The molecule has 0 radical (unpaired) electrons. The average Bonchev–Trinajstić information content (AvgIpc) is 3.24. The van der Waals surface area contributed by atoms with Gasteiger partial charge in [0.1, 0.15) is 11.4 Å². The highest BCUT2D eigenvalue weighted by Crippen LogP contribution is 2.69. The number of carbonyl (C=O) groups is 1. The van der Waals surface area contributed by atoms with Crippen LogP contribution in [0, 0.1) is 40.9 Å². The molecule has 1 heterocycles. The maximum absolute atomic E-state index is 13.4. The summed E-state index contributed by atoms with van der Waals surface area (Å²) in [5.41, 5.74) is -1.76. The number of rotatable bonds is 6. The third kappa shape index (κ3) is 3.41. The van der Waals surface area contributed by atoms with Gasteiger partial charge in [-0.1, -0.05) is 37.6 Å². The molecule has 1 aromatic carbocycles. The van der Waals surface area contributed by atoms with E-state index >= 15 is 0 Å². The first-order chi connectivity index (χ1) is 15.4. The summed E-state index contributed by atoms with van der Waals surface area (Å²) in [6, 6.07) is 8.77. The summed E-state index contributed by atoms with van der Waals surface area (Å²) in [5.74, 6) is 0.374. The minimum Gasteiger partial charge on any atom is -0.358 e. The summed E-state index contributed by atoms with van der Waals surface area (Å²) in [7, 11) is -4.06. The Balaban J connectivity index is 1.70. The van der Waals surface area contributed by atoms with Gasteiger partial charge in [-0.05, 0) is 57.1 Å². The van der Waals surface area contributed by atoms with Crippen molar-refractivity contribution in [2.45, 2.75) is 82.5 Å². The maximum atomic E-state index is 13.4. The van der Waals surface area contributed by atoms with E-state index in [0.717, 1.165) is 24.8 Å². The Labute approximate surface area is 197 Å². The van der Waals surface area contributed by atoms with Crippen LogP contribution in [-0.2, 0) is 23.8 Å². The number of hydrogen-bond acceptors (Lipinski definition) is 6. The fourth-order valence-corrected chi connectivity index (χ4v) is 8.00. The Kier molecular flexibility index (Phi) is 5.88. The Bertz CT molecular complexity index is 1110.